The molecule has 0 aliphatic carbocycles. The first-order valence-electron chi connectivity index (χ1n) is 11.0. The summed E-state index contributed by atoms with van der Waals surface area (Å²) in [6.45, 7) is 4.74. The van der Waals surface area contributed by atoms with Crippen LogP contribution in [0.15, 0.2) is 48.7 Å². The lowest BCUT2D eigenvalue weighted by molar-refractivity contribution is -0.135. The molecule has 1 fully saturated rings. The SMILES string of the molecule is CC(C)C(NC(=O)c1c(F)cccc1F)C(=O)N1CCC(c2c[nH]c3ccccc23)CC1. The van der Waals surface area contributed by atoms with Gasteiger partial charge in [-0.2, -0.15) is 0 Å². The third-order valence-corrected chi connectivity index (χ3v) is 6.28. The zero-order chi connectivity index (χ0) is 22.8. The lowest BCUT2D eigenvalue weighted by Crippen LogP contribution is -2.53. The normalized spacial score (nSPS) is 15.8. The number of aromatic amines is 1. The summed E-state index contributed by atoms with van der Waals surface area (Å²) in [4.78, 5) is 30.8. The van der Waals surface area contributed by atoms with Crippen molar-refractivity contribution in [2.75, 3.05) is 13.1 Å². The summed E-state index contributed by atoms with van der Waals surface area (Å²) in [5.41, 5.74) is 1.70. The fourth-order valence-electron chi connectivity index (χ4n) is 4.48. The Morgan fingerprint density at radius 1 is 1.03 bits per heavy atom. The minimum absolute atomic E-state index is 0.220. The number of piperidine rings is 1. The summed E-state index contributed by atoms with van der Waals surface area (Å²) < 4.78 is 28.0. The Balaban J connectivity index is 1.44. The zero-order valence-corrected chi connectivity index (χ0v) is 18.2. The van der Waals surface area contributed by atoms with Crippen molar-refractivity contribution in [1.29, 1.82) is 0 Å². The second-order valence-electron chi connectivity index (χ2n) is 8.68. The summed E-state index contributed by atoms with van der Waals surface area (Å²) >= 11 is 0. The van der Waals surface area contributed by atoms with Gasteiger partial charge in [-0.25, -0.2) is 8.78 Å². The first kappa shape index (κ1) is 22.0. The van der Waals surface area contributed by atoms with Crippen LogP contribution in [0.5, 0.6) is 0 Å². The Morgan fingerprint density at radius 2 is 1.69 bits per heavy atom. The number of rotatable bonds is 5. The van der Waals surface area contributed by atoms with Crippen LogP contribution < -0.4 is 5.32 Å². The second kappa shape index (κ2) is 9.10. The number of fused-ring (bicyclic) bond motifs is 1. The van der Waals surface area contributed by atoms with Crippen LogP contribution in [0.1, 0.15) is 48.5 Å². The predicted molar refractivity (Wildman–Crippen MR) is 119 cm³/mol. The van der Waals surface area contributed by atoms with E-state index in [4.69, 9.17) is 0 Å². The number of amides is 2. The smallest absolute Gasteiger partial charge is 0.257 e. The Morgan fingerprint density at radius 3 is 2.34 bits per heavy atom. The molecule has 1 unspecified atom stereocenters. The lowest BCUT2D eigenvalue weighted by atomic mass is 9.88. The highest BCUT2D eigenvalue weighted by Crippen LogP contribution is 2.33. The molecule has 0 bridgehead atoms. The number of carbonyl (C=O) groups is 2. The average molecular weight is 440 g/mol. The number of H-pyrrole nitrogens is 1. The number of aromatic nitrogens is 1. The molecule has 0 saturated carbocycles. The van der Waals surface area contributed by atoms with E-state index < -0.39 is 29.1 Å². The quantitative estimate of drug-likeness (QED) is 0.610. The van der Waals surface area contributed by atoms with Crippen LogP contribution in [0.2, 0.25) is 0 Å². The van der Waals surface area contributed by atoms with Crippen LogP contribution in [0.25, 0.3) is 10.9 Å². The van der Waals surface area contributed by atoms with E-state index in [1.165, 1.54) is 17.0 Å². The van der Waals surface area contributed by atoms with Crippen molar-refractivity contribution in [3.8, 4) is 0 Å². The molecule has 2 aromatic carbocycles. The van der Waals surface area contributed by atoms with E-state index in [9.17, 15) is 18.4 Å². The summed E-state index contributed by atoms with van der Waals surface area (Å²) in [5, 5.41) is 3.76. The Kier molecular flexibility index (Phi) is 6.26. The second-order valence-corrected chi connectivity index (χ2v) is 8.68. The van der Waals surface area contributed by atoms with Crippen LogP contribution in [0.3, 0.4) is 0 Å². The summed E-state index contributed by atoms with van der Waals surface area (Å²) in [6.07, 6.45) is 3.68. The fraction of sp³-hybridized carbons (Fsp3) is 0.360. The van der Waals surface area contributed by atoms with Gasteiger partial charge in [0, 0.05) is 30.2 Å². The zero-order valence-electron chi connectivity index (χ0n) is 18.2. The highest BCUT2D eigenvalue weighted by atomic mass is 19.1. The van der Waals surface area contributed by atoms with E-state index in [0.717, 1.165) is 30.5 Å². The van der Waals surface area contributed by atoms with Crippen molar-refractivity contribution in [2.45, 2.75) is 38.6 Å². The largest absolute Gasteiger partial charge is 0.361 e. The molecule has 7 heteroatoms. The van der Waals surface area contributed by atoms with Gasteiger partial charge in [-0.15, -0.1) is 0 Å². The Labute approximate surface area is 185 Å². The molecule has 1 aromatic heterocycles. The fourth-order valence-corrected chi connectivity index (χ4v) is 4.48. The molecular weight excluding hydrogens is 412 g/mol. The molecule has 32 heavy (non-hydrogen) atoms. The first-order chi connectivity index (χ1) is 15.4. The molecule has 2 amide bonds. The number of halogens is 2. The maximum atomic E-state index is 14.0. The minimum atomic E-state index is -0.947. The van der Waals surface area contributed by atoms with Crippen molar-refractivity contribution in [2.24, 2.45) is 5.92 Å². The summed E-state index contributed by atoms with van der Waals surface area (Å²) in [7, 11) is 0. The molecule has 3 aromatic rings. The standard InChI is InChI=1S/C25H27F2N3O2/c1-15(2)23(29-24(31)22-19(26)7-5-8-20(22)27)25(32)30-12-10-16(11-13-30)18-14-28-21-9-4-3-6-17(18)21/h3-9,14-16,23,28H,10-13H2,1-2H3,(H,29,31). The van der Waals surface area contributed by atoms with E-state index in [1.807, 2.05) is 24.4 Å². The third-order valence-electron chi connectivity index (χ3n) is 6.28. The molecule has 1 saturated heterocycles. The van der Waals surface area contributed by atoms with Crippen molar-refractivity contribution in [3.63, 3.8) is 0 Å². The van der Waals surface area contributed by atoms with Gasteiger partial charge in [0.05, 0.1) is 0 Å². The molecule has 1 aliphatic rings. The van der Waals surface area contributed by atoms with Crippen molar-refractivity contribution >= 4 is 22.7 Å². The van der Waals surface area contributed by atoms with Crippen LogP contribution in [-0.2, 0) is 4.79 Å². The van der Waals surface area contributed by atoms with Gasteiger partial charge in [0.25, 0.3) is 5.91 Å². The molecule has 0 spiro atoms. The molecule has 4 rings (SSSR count). The lowest BCUT2D eigenvalue weighted by Gasteiger charge is -2.35. The van der Waals surface area contributed by atoms with Crippen LogP contribution >= 0.6 is 0 Å². The van der Waals surface area contributed by atoms with E-state index in [2.05, 4.69) is 16.4 Å². The molecule has 1 aliphatic heterocycles. The summed E-state index contributed by atoms with van der Waals surface area (Å²) in [5.74, 6) is -2.92. The number of nitrogens with zero attached hydrogens (tertiary/aromatic N) is 1. The molecule has 0 radical (unpaired) electrons. The Bertz CT molecular complexity index is 1110. The van der Waals surface area contributed by atoms with Gasteiger partial charge in [-0.05, 0) is 48.4 Å². The number of carbonyl (C=O) groups excluding carboxylic acids is 2. The number of hydrogen-bond donors (Lipinski definition) is 2. The molecule has 168 valence electrons. The maximum absolute atomic E-state index is 14.0. The van der Waals surface area contributed by atoms with Crippen LogP contribution in [0.4, 0.5) is 8.78 Å². The number of likely N-dealkylation sites (tertiary alicyclic amines) is 1. The molecule has 1 atom stereocenters. The number of benzene rings is 2. The van der Waals surface area contributed by atoms with Crippen molar-refractivity contribution in [3.05, 3.63) is 71.4 Å². The number of para-hydroxylation sites is 1. The van der Waals surface area contributed by atoms with Gasteiger partial charge in [0.1, 0.15) is 23.2 Å². The molecule has 2 heterocycles. The van der Waals surface area contributed by atoms with Crippen molar-refractivity contribution < 1.29 is 18.4 Å². The maximum Gasteiger partial charge on any atom is 0.257 e. The topological polar surface area (TPSA) is 65.2 Å². The van der Waals surface area contributed by atoms with Gasteiger partial charge in [-0.3, -0.25) is 9.59 Å². The number of hydrogen-bond acceptors (Lipinski definition) is 2. The van der Waals surface area contributed by atoms with Crippen LogP contribution in [-0.4, -0.2) is 40.8 Å². The van der Waals surface area contributed by atoms with Crippen LogP contribution in [0, 0.1) is 17.6 Å². The van der Waals surface area contributed by atoms with E-state index in [1.54, 1.807) is 18.7 Å². The first-order valence-corrected chi connectivity index (χ1v) is 11.0. The average Bonchev–Trinajstić information content (AvgIpc) is 3.21. The molecular formula is C25H27F2N3O2. The molecule has 5 nitrogen and oxygen atoms in total. The highest BCUT2D eigenvalue weighted by molar-refractivity contribution is 5.98. The monoisotopic (exact) mass is 439 g/mol. The van der Waals surface area contributed by atoms with Gasteiger partial charge < -0.3 is 15.2 Å². The van der Waals surface area contributed by atoms with Gasteiger partial charge in [0.2, 0.25) is 5.91 Å². The summed E-state index contributed by atoms with van der Waals surface area (Å²) in [6, 6.07) is 10.6. The third kappa shape index (κ3) is 4.24. The van der Waals surface area contributed by atoms with Gasteiger partial charge >= 0.3 is 0 Å². The molecule has 2 N–H and O–H groups in total. The van der Waals surface area contributed by atoms with E-state index in [-0.39, 0.29) is 11.8 Å². The number of nitrogens with one attached hydrogen (secondary N) is 2. The van der Waals surface area contributed by atoms with Crippen molar-refractivity contribution in [1.82, 2.24) is 15.2 Å². The van der Waals surface area contributed by atoms with E-state index in [0.29, 0.717) is 19.0 Å². The van der Waals surface area contributed by atoms with Gasteiger partial charge in [0.15, 0.2) is 0 Å². The predicted octanol–water partition coefficient (Wildman–Crippen LogP) is 4.61. The van der Waals surface area contributed by atoms with E-state index >= 15 is 0 Å². The van der Waals surface area contributed by atoms with Gasteiger partial charge in [-0.1, -0.05) is 38.1 Å². The highest BCUT2D eigenvalue weighted by Gasteiger charge is 2.33. The Hall–Kier alpha value is -3.22. The minimum Gasteiger partial charge on any atom is -0.361 e.